The molecular weight excluding hydrogens is 428 g/mol. The Hall–Kier alpha value is -3.54. The Labute approximate surface area is 200 Å². The Kier molecular flexibility index (Phi) is 8.91. The number of aryl methyl sites for hydroxylation is 1. The summed E-state index contributed by atoms with van der Waals surface area (Å²) < 4.78 is 7.65. The van der Waals surface area contributed by atoms with Gasteiger partial charge >= 0.3 is 0 Å². The van der Waals surface area contributed by atoms with E-state index in [4.69, 9.17) is 16.9 Å². The highest BCUT2D eigenvalue weighted by molar-refractivity contribution is 5.85. The second kappa shape index (κ2) is 12.1. The topological polar surface area (TPSA) is 108 Å². The molecule has 3 N–H and O–H groups in total. The molecule has 1 amide bonds. The SMILES string of the molecule is C#CCC(CCc1ccccc1)n1nnnc1C(COCc1ccccc1)NC(=O)C(C)(C)N. The van der Waals surface area contributed by atoms with E-state index in [1.54, 1.807) is 18.5 Å². The Morgan fingerprint density at radius 2 is 1.79 bits per heavy atom. The van der Waals surface area contributed by atoms with E-state index in [-0.39, 0.29) is 18.6 Å². The van der Waals surface area contributed by atoms with Crippen LogP contribution in [0.5, 0.6) is 0 Å². The van der Waals surface area contributed by atoms with Crippen LogP contribution in [0.15, 0.2) is 60.7 Å². The fraction of sp³-hybridized carbons (Fsp3) is 0.385. The summed E-state index contributed by atoms with van der Waals surface area (Å²) in [4.78, 5) is 12.7. The van der Waals surface area contributed by atoms with Crippen molar-refractivity contribution in [1.29, 1.82) is 0 Å². The number of hydrogen-bond donors (Lipinski definition) is 2. The summed E-state index contributed by atoms with van der Waals surface area (Å²) in [5.74, 6) is 2.89. The molecule has 0 saturated heterocycles. The first-order chi connectivity index (χ1) is 16.4. The molecule has 0 saturated carbocycles. The van der Waals surface area contributed by atoms with Crippen molar-refractivity contribution in [1.82, 2.24) is 25.5 Å². The molecule has 2 aromatic carbocycles. The van der Waals surface area contributed by atoms with Gasteiger partial charge in [0.05, 0.1) is 24.8 Å². The van der Waals surface area contributed by atoms with Crippen LogP contribution < -0.4 is 11.1 Å². The zero-order valence-electron chi connectivity index (χ0n) is 19.7. The number of amides is 1. The van der Waals surface area contributed by atoms with Gasteiger partial charge in [-0.15, -0.1) is 17.4 Å². The molecule has 34 heavy (non-hydrogen) atoms. The zero-order valence-corrected chi connectivity index (χ0v) is 19.7. The lowest BCUT2D eigenvalue weighted by Gasteiger charge is -2.25. The summed E-state index contributed by atoms with van der Waals surface area (Å²) in [7, 11) is 0. The molecule has 8 nitrogen and oxygen atoms in total. The standard InChI is InChI=1S/C26H32N6O2/c1-4-11-22(17-16-20-12-7-5-8-13-20)32-24(29-30-31-32)23(28-25(33)26(2,3)27)19-34-18-21-14-9-6-10-15-21/h1,5-10,12-15,22-23H,11,16-19,27H2,2-3H3,(H,28,33). The lowest BCUT2D eigenvalue weighted by Crippen LogP contribution is -2.51. The molecular formula is C26H32N6O2. The van der Waals surface area contributed by atoms with Crippen LogP contribution in [-0.4, -0.2) is 38.3 Å². The lowest BCUT2D eigenvalue weighted by atomic mass is 10.0. The molecule has 0 fully saturated rings. The summed E-state index contributed by atoms with van der Waals surface area (Å²) in [6.07, 6.45) is 7.70. The van der Waals surface area contributed by atoms with Gasteiger partial charge in [-0.2, -0.15) is 0 Å². The number of tetrazole rings is 1. The molecule has 0 spiro atoms. The summed E-state index contributed by atoms with van der Waals surface area (Å²) >= 11 is 0. The molecule has 178 valence electrons. The number of carbonyl (C=O) groups excluding carboxylic acids is 1. The zero-order chi connectivity index (χ0) is 24.4. The van der Waals surface area contributed by atoms with E-state index in [1.807, 2.05) is 48.5 Å². The number of nitrogens with one attached hydrogen (secondary N) is 1. The van der Waals surface area contributed by atoms with Crippen LogP contribution in [0.3, 0.4) is 0 Å². The Balaban J connectivity index is 1.79. The van der Waals surface area contributed by atoms with Crippen molar-refractivity contribution in [3.05, 3.63) is 77.6 Å². The Morgan fingerprint density at radius 3 is 2.41 bits per heavy atom. The lowest BCUT2D eigenvalue weighted by molar-refractivity contribution is -0.126. The highest BCUT2D eigenvalue weighted by Gasteiger charge is 2.30. The van der Waals surface area contributed by atoms with Crippen molar-refractivity contribution in [3.63, 3.8) is 0 Å². The van der Waals surface area contributed by atoms with E-state index in [1.165, 1.54) is 5.56 Å². The van der Waals surface area contributed by atoms with Crippen LogP contribution >= 0.6 is 0 Å². The first-order valence-corrected chi connectivity index (χ1v) is 11.3. The molecule has 1 heterocycles. The van der Waals surface area contributed by atoms with E-state index in [2.05, 4.69) is 38.9 Å². The third-order valence-corrected chi connectivity index (χ3v) is 5.42. The van der Waals surface area contributed by atoms with Gasteiger partial charge in [-0.1, -0.05) is 60.7 Å². The number of ether oxygens (including phenoxy) is 1. The predicted molar refractivity (Wildman–Crippen MR) is 130 cm³/mol. The molecule has 0 aliphatic rings. The number of hydrogen-bond acceptors (Lipinski definition) is 6. The van der Waals surface area contributed by atoms with Crippen LogP contribution in [0.4, 0.5) is 0 Å². The van der Waals surface area contributed by atoms with Crippen molar-refractivity contribution >= 4 is 5.91 Å². The fourth-order valence-corrected chi connectivity index (χ4v) is 3.51. The number of nitrogens with two attached hydrogens (primary N) is 1. The van der Waals surface area contributed by atoms with Crippen molar-refractivity contribution < 1.29 is 9.53 Å². The number of aromatic nitrogens is 4. The number of benzene rings is 2. The maximum absolute atomic E-state index is 12.7. The van der Waals surface area contributed by atoms with Crippen molar-refractivity contribution in [2.45, 2.75) is 57.3 Å². The fourth-order valence-electron chi connectivity index (χ4n) is 3.51. The smallest absolute Gasteiger partial charge is 0.240 e. The third-order valence-electron chi connectivity index (χ3n) is 5.42. The minimum Gasteiger partial charge on any atom is -0.374 e. The average molecular weight is 461 g/mol. The molecule has 8 heteroatoms. The molecule has 0 aliphatic heterocycles. The summed E-state index contributed by atoms with van der Waals surface area (Å²) in [6.45, 7) is 3.86. The van der Waals surface area contributed by atoms with Crippen molar-refractivity contribution in [2.75, 3.05) is 6.61 Å². The van der Waals surface area contributed by atoms with Gasteiger partial charge in [-0.05, 0) is 48.2 Å². The Morgan fingerprint density at radius 1 is 1.15 bits per heavy atom. The molecule has 0 radical (unpaired) electrons. The minimum atomic E-state index is -1.07. The quantitative estimate of drug-likeness (QED) is 0.402. The van der Waals surface area contributed by atoms with Crippen LogP contribution in [0, 0.1) is 12.3 Å². The maximum atomic E-state index is 12.7. The second-order valence-corrected chi connectivity index (χ2v) is 8.82. The predicted octanol–water partition coefficient (Wildman–Crippen LogP) is 2.98. The first kappa shape index (κ1) is 25.1. The van der Waals surface area contributed by atoms with Gasteiger partial charge in [-0.3, -0.25) is 4.79 Å². The van der Waals surface area contributed by atoms with E-state index >= 15 is 0 Å². The van der Waals surface area contributed by atoms with E-state index in [9.17, 15) is 4.79 Å². The molecule has 3 aromatic rings. The summed E-state index contributed by atoms with van der Waals surface area (Å²) in [5.41, 5.74) is 7.19. The number of terminal acetylenes is 1. The largest absolute Gasteiger partial charge is 0.374 e. The third kappa shape index (κ3) is 7.24. The summed E-state index contributed by atoms with van der Waals surface area (Å²) in [6, 6.07) is 19.3. The van der Waals surface area contributed by atoms with E-state index < -0.39 is 11.6 Å². The van der Waals surface area contributed by atoms with Crippen LogP contribution in [0.2, 0.25) is 0 Å². The van der Waals surface area contributed by atoms with Crippen LogP contribution in [-0.2, 0) is 22.6 Å². The van der Waals surface area contributed by atoms with Gasteiger partial charge in [0.25, 0.3) is 0 Å². The van der Waals surface area contributed by atoms with Crippen molar-refractivity contribution in [3.8, 4) is 12.3 Å². The van der Waals surface area contributed by atoms with Crippen molar-refractivity contribution in [2.24, 2.45) is 5.73 Å². The van der Waals surface area contributed by atoms with Crippen LogP contribution in [0.1, 0.15) is 55.7 Å². The molecule has 0 bridgehead atoms. The molecule has 2 atom stereocenters. The molecule has 1 aromatic heterocycles. The summed E-state index contributed by atoms with van der Waals surface area (Å²) in [5, 5.41) is 15.3. The van der Waals surface area contributed by atoms with Gasteiger partial charge < -0.3 is 15.8 Å². The number of rotatable bonds is 12. The van der Waals surface area contributed by atoms with E-state index in [0.717, 1.165) is 18.4 Å². The monoisotopic (exact) mass is 460 g/mol. The minimum absolute atomic E-state index is 0.130. The molecule has 0 aliphatic carbocycles. The average Bonchev–Trinajstić information content (AvgIpc) is 3.31. The van der Waals surface area contributed by atoms with Gasteiger partial charge in [0.2, 0.25) is 5.91 Å². The highest BCUT2D eigenvalue weighted by atomic mass is 16.5. The van der Waals surface area contributed by atoms with E-state index in [0.29, 0.717) is 18.9 Å². The normalized spacial score (nSPS) is 13.1. The van der Waals surface area contributed by atoms with Gasteiger partial charge in [0.1, 0.15) is 6.04 Å². The molecule has 2 unspecified atom stereocenters. The van der Waals surface area contributed by atoms with Gasteiger partial charge in [-0.25, -0.2) is 4.68 Å². The Bertz CT molecular complexity index is 1070. The maximum Gasteiger partial charge on any atom is 0.240 e. The highest BCUT2D eigenvalue weighted by Crippen LogP contribution is 2.23. The second-order valence-electron chi connectivity index (χ2n) is 8.82. The van der Waals surface area contributed by atoms with Gasteiger partial charge in [0.15, 0.2) is 5.82 Å². The number of carbonyl (C=O) groups is 1. The van der Waals surface area contributed by atoms with Crippen LogP contribution in [0.25, 0.3) is 0 Å². The first-order valence-electron chi connectivity index (χ1n) is 11.3. The number of nitrogens with zero attached hydrogens (tertiary/aromatic N) is 4. The van der Waals surface area contributed by atoms with Gasteiger partial charge in [0, 0.05) is 6.42 Å². The molecule has 3 rings (SSSR count).